The van der Waals surface area contributed by atoms with Gasteiger partial charge < -0.3 is 8.83 Å². The number of rotatable bonds is 4. The van der Waals surface area contributed by atoms with Crippen molar-refractivity contribution in [3.8, 4) is 45.3 Å². The fourth-order valence-corrected chi connectivity index (χ4v) is 8.50. The van der Waals surface area contributed by atoms with Crippen LogP contribution in [-0.2, 0) is 0 Å². The van der Waals surface area contributed by atoms with Gasteiger partial charge in [-0.3, -0.25) is 0 Å². The van der Waals surface area contributed by atoms with Gasteiger partial charge >= 0.3 is 0 Å². The molecule has 0 radical (unpaired) electrons. The highest BCUT2D eigenvalue weighted by atomic mass is 16.3. The maximum Gasteiger partial charge on any atom is 0.164 e. The Morgan fingerprint density at radius 2 is 0.804 bits per heavy atom. The van der Waals surface area contributed by atoms with Crippen LogP contribution in [0.25, 0.3) is 121 Å². The van der Waals surface area contributed by atoms with E-state index in [1.165, 1.54) is 5.39 Å². The largest absolute Gasteiger partial charge is 0.456 e. The van der Waals surface area contributed by atoms with Crippen molar-refractivity contribution in [1.29, 1.82) is 0 Å². The van der Waals surface area contributed by atoms with Gasteiger partial charge in [0, 0.05) is 38.2 Å². The highest BCUT2D eigenvalue weighted by Gasteiger charge is 2.19. The lowest BCUT2D eigenvalue weighted by atomic mass is 9.93. The molecular weight excluding hydrogens is 687 g/mol. The van der Waals surface area contributed by atoms with Gasteiger partial charge in [-0.15, -0.1) is 0 Å². The molecule has 0 fully saturated rings. The topological polar surface area (TPSA) is 65.0 Å². The number of para-hydroxylation sites is 2. The summed E-state index contributed by atoms with van der Waals surface area (Å²) in [6.45, 7) is 0. The van der Waals surface area contributed by atoms with Gasteiger partial charge in [-0.2, -0.15) is 0 Å². The van der Waals surface area contributed by atoms with Crippen LogP contribution in [0.3, 0.4) is 0 Å². The van der Waals surface area contributed by atoms with Crippen molar-refractivity contribution in [2.45, 2.75) is 0 Å². The number of fused-ring (bicyclic) bond motifs is 10. The Hall–Kier alpha value is -7.63. The second kappa shape index (κ2) is 11.9. The molecule has 0 aliphatic carbocycles. The molecule has 0 atom stereocenters. The molecular formula is C51H29N3O2. The van der Waals surface area contributed by atoms with Crippen LogP contribution in [0, 0.1) is 0 Å². The smallest absolute Gasteiger partial charge is 0.164 e. The van der Waals surface area contributed by atoms with Gasteiger partial charge in [0.05, 0.1) is 0 Å². The van der Waals surface area contributed by atoms with Crippen molar-refractivity contribution in [3.63, 3.8) is 0 Å². The summed E-state index contributed by atoms with van der Waals surface area (Å²) >= 11 is 0. The van der Waals surface area contributed by atoms with E-state index in [1.54, 1.807) is 0 Å². The molecule has 0 aliphatic rings. The van der Waals surface area contributed by atoms with E-state index in [-0.39, 0.29) is 0 Å². The minimum absolute atomic E-state index is 0.604. The van der Waals surface area contributed by atoms with Gasteiger partial charge in [-0.1, -0.05) is 140 Å². The summed E-state index contributed by atoms with van der Waals surface area (Å²) in [4.78, 5) is 15.7. The molecule has 0 amide bonds. The number of benzene rings is 9. The van der Waals surface area contributed by atoms with Gasteiger partial charge in [0.1, 0.15) is 22.3 Å². The second-order valence-electron chi connectivity index (χ2n) is 14.3. The lowest BCUT2D eigenvalue weighted by molar-refractivity contribution is 0.668. The van der Waals surface area contributed by atoms with Crippen molar-refractivity contribution in [2.75, 3.05) is 0 Å². The molecule has 3 heterocycles. The molecule has 9 aromatic carbocycles. The lowest BCUT2D eigenvalue weighted by Gasteiger charge is -2.13. The van der Waals surface area contributed by atoms with E-state index >= 15 is 0 Å². The predicted molar refractivity (Wildman–Crippen MR) is 229 cm³/mol. The molecule has 0 N–H and O–H groups in total. The van der Waals surface area contributed by atoms with Crippen LogP contribution in [0.15, 0.2) is 185 Å². The standard InChI is InChI=1S/C51H29N3O2/c1-2-11-32-28-33(24-22-30(32)10-1)49-52-50(34-25-23-31-26-27-46-48(42(31)29-34)41-13-4-6-20-44(41)56-46)54-51(53-49)39-18-8-14-35-36(15-7-16-37(35)39)38-17-9-21-45-47(38)40-12-3-5-19-43(40)55-45/h1-29H. The summed E-state index contributed by atoms with van der Waals surface area (Å²) in [6, 6.07) is 61.0. The van der Waals surface area contributed by atoms with Crippen molar-refractivity contribution < 1.29 is 8.83 Å². The maximum atomic E-state index is 6.29. The van der Waals surface area contributed by atoms with Crippen molar-refractivity contribution in [2.24, 2.45) is 0 Å². The predicted octanol–water partition coefficient (Wildman–Crippen LogP) is 13.8. The highest BCUT2D eigenvalue weighted by molar-refractivity contribution is 6.19. The Balaban J connectivity index is 1.10. The first-order chi connectivity index (χ1) is 27.7. The first-order valence-electron chi connectivity index (χ1n) is 18.8. The van der Waals surface area contributed by atoms with E-state index in [9.17, 15) is 0 Å². The molecule has 260 valence electrons. The van der Waals surface area contributed by atoms with E-state index in [2.05, 4.69) is 146 Å². The molecule has 12 rings (SSSR count). The molecule has 0 unspecified atom stereocenters. The van der Waals surface area contributed by atoms with Crippen LogP contribution in [0.2, 0.25) is 0 Å². The third-order valence-electron chi connectivity index (χ3n) is 11.1. The van der Waals surface area contributed by atoms with Gasteiger partial charge in [0.15, 0.2) is 17.5 Å². The van der Waals surface area contributed by atoms with Gasteiger partial charge in [-0.25, -0.2) is 15.0 Å². The normalized spacial score (nSPS) is 11.9. The van der Waals surface area contributed by atoms with Crippen LogP contribution in [-0.4, -0.2) is 15.0 Å². The molecule has 0 saturated carbocycles. The molecule has 56 heavy (non-hydrogen) atoms. The molecule has 0 aliphatic heterocycles. The number of hydrogen-bond acceptors (Lipinski definition) is 5. The van der Waals surface area contributed by atoms with E-state index in [4.69, 9.17) is 23.8 Å². The summed E-state index contributed by atoms with van der Waals surface area (Å²) in [5, 5.41) is 11.1. The van der Waals surface area contributed by atoms with Crippen molar-refractivity contribution in [1.82, 2.24) is 15.0 Å². The zero-order valence-corrected chi connectivity index (χ0v) is 29.9. The molecule has 0 spiro atoms. The first kappa shape index (κ1) is 30.8. The molecule has 0 bridgehead atoms. The highest BCUT2D eigenvalue weighted by Crippen LogP contribution is 2.42. The Morgan fingerprint density at radius 1 is 0.286 bits per heavy atom. The monoisotopic (exact) mass is 715 g/mol. The fraction of sp³-hybridized carbons (Fsp3) is 0. The number of nitrogens with zero attached hydrogens (tertiary/aromatic N) is 3. The minimum Gasteiger partial charge on any atom is -0.456 e. The van der Waals surface area contributed by atoms with E-state index < -0.39 is 0 Å². The summed E-state index contributed by atoms with van der Waals surface area (Å²) < 4.78 is 12.6. The van der Waals surface area contributed by atoms with Gasteiger partial charge in [0.25, 0.3) is 0 Å². The average Bonchev–Trinajstić information content (AvgIpc) is 3.84. The Labute approximate surface area is 320 Å². The molecule has 3 aromatic heterocycles. The van der Waals surface area contributed by atoms with Crippen LogP contribution >= 0.6 is 0 Å². The van der Waals surface area contributed by atoms with Crippen molar-refractivity contribution >= 4 is 76.2 Å². The zero-order valence-electron chi connectivity index (χ0n) is 29.9. The van der Waals surface area contributed by atoms with Gasteiger partial charge in [-0.05, 0) is 79.8 Å². The van der Waals surface area contributed by atoms with Crippen LogP contribution in [0.1, 0.15) is 0 Å². The van der Waals surface area contributed by atoms with Crippen LogP contribution in [0.4, 0.5) is 0 Å². The summed E-state index contributed by atoms with van der Waals surface area (Å²) in [7, 11) is 0. The maximum absolute atomic E-state index is 6.29. The second-order valence-corrected chi connectivity index (χ2v) is 14.3. The quantitative estimate of drug-likeness (QED) is 0.181. The average molecular weight is 716 g/mol. The molecule has 5 nitrogen and oxygen atoms in total. The third-order valence-corrected chi connectivity index (χ3v) is 11.1. The lowest BCUT2D eigenvalue weighted by Crippen LogP contribution is -2.01. The van der Waals surface area contributed by atoms with E-state index in [1.807, 2.05) is 30.3 Å². The zero-order chi connectivity index (χ0) is 36.7. The number of hydrogen-bond donors (Lipinski definition) is 0. The van der Waals surface area contributed by atoms with E-state index in [0.717, 1.165) is 98.6 Å². The van der Waals surface area contributed by atoms with Crippen molar-refractivity contribution in [3.05, 3.63) is 176 Å². The Kier molecular flexibility index (Phi) is 6.56. The SMILES string of the molecule is c1ccc2cc(-c3nc(-c4ccc5ccc6oc7ccccc7c6c5c4)nc(-c4cccc5c(-c6cccc7oc8ccccc8c67)cccc45)n3)ccc2c1. The number of furan rings is 2. The Bertz CT molecular complexity index is 3560. The first-order valence-corrected chi connectivity index (χ1v) is 18.8. The van der Waals surface area contributed by atoms with Crippen LogP contribution in [0.5, 0.6) is 0 Å². The Morgan fingerprint density at radius 3 is 1.59 bits per heavy atom. The molecule has 5 heteroatoms. The van der Waals surface area contributed by atoms with Crippen LogP contribution < -0.4 is 0 Å². The van der Waals surface area contributed by atoms with Gasteiger partial charge in [0.2, 0.25) is 0 Å². The summed E-state index contributed by atoms with van der Waals surface area (Å²) in [5.41, 5.74) is 8.48. The molecule has 12 aromatic rings. The number of aromatic nitrogens is 3. The fourth-order valence-electron chi connectivity index (χ4n) is 8.50. The minimum atomic E-state index is 0.604. The third kappa shape index (κ3) is 4.71. The molecule has 0 saturated heterocycles. The summed E-state index contributed by atoms with van der Waals surface area (Å²) in [6.07, 6.45) is 0. The summed E-state index contributed by atoms with van der Waals surface area (Å²) in [5.74, 6) is 1.83. The van der Waals surface area contributed by atoms with E-state index in [0.29, 0.717) is 17.5 Å².